The molecule has 3 aromatic carbocycles. The topological polar surface area (TPSA) is 106 Å². The first kappa shape index (κ1) is 23.6. The van der Waals surface area contributed by atoms with Gasteiger partial charge in [0.05, 0.1) is 24.6 Å². The van der Waals surface area contributed by atoms with Crippen LogP contribution in [0.1, 0.15) is 45.0 Å². The number of esters is 1. The summed E-state index contributed by atoms with van der Waals surface area (Å²) in [4.78, 5) is 39.2. The average Bonchev–Trinajstić information content (AvgIpc) is 3.31. The van der Waals surface area contributed by atoms with E-state index >= 15 is 0 Å². The van der Waals surface area contributed by atoms with Crippen molar-refractivity contribution in [3.63, 3.8) is 0 Å². The molecule has 0 saturated heterocycles. The van der Waals surface area contributed by atoms with E-state index in [2.05, 4.69) is 0 Å². The number of carbonyl (C=O) groups is 2. The summed E-state index contributed by atoms with van der Waals surface area (Å²) in [6.45, 7) is 0.487. The van der Waals surface area contributed by atoms with Gasteiger partial charge < -0.3 is 19.5 Å². The quantitative estimate of drug-likeness (QED) is 0.295. The van der Waals surface area contributed by atoms with Crippen LogP contribution in [0.3, 0.4) is 0 Å². The number of ether oxygens (including phenoxy) is 1. The molecular formula is C28H22ClNO6. The van der Waals surface area contributed by atoms with E-state index in [9.17, 15) is 24.6 Å². The number of methoxy groups -OCH3 is 1. The summed E-state index contributed by atoms with van der Waals surface area (Å²) in [6.07, 6.45) is 0.385. The van der Waals surface area contributed by atoms with E-state index in [4.69, 9.17) is 16.3 Å². The van der Waals surface area contributed by atoms with Gasteiger partial charge in [-0.2, -0.15) is 0 Å². The van der Waals surface area contributed by atoms with Gasteiger partial charge in [-0.3, -0.25) is 14.4 Å². The van der Waals surface area contributed by atoms with Gasteiger partial charge in [-0.25, -0.2) is 0 Å². The Morgan fingerprint density at radius 3 is 2.56 bits per heavy atom. The predicted octanol–water partition coefficient (Wildman–Crippen LogP) is 4.55. The molecule has 182 valence electrons. The third-order valence-corrected chi connectivity index (χ3v) is 6.95. The van der Waals surface area contributed by atoms with Crippen LogP contribution in [0.5, 0.6) is 11.5 Å². The maximum atomic E-state index is 13.6. The van der Waals surface area contributed by atoms with Crippen LogP contribution in [0.2, 0.25) is 5.02 Å². The zero-order valence-electron chi connectivity index (χ0n) is 19.3. The van der Waals surface area contributed by atoms with E-state index < -0.39 is 23.4 Å². The lowest BCUT2D eigenvalue weighted by Crippen LogP contribution is -2.26. The molecule has 5 rings (SSSR count). The van der Waals surface area contributed by atoms with Crippen LogP contribution < -0.4 is 5.56 Å². The molecular weight excluding hydrogens is 482 g/mol. The van der Waals surface area contributed by atoms with Gasteiger partial charge in [-0.15, -0.1) is 0 Å². The fourth-order valence-corrected chi connectivity index (χ4v) is 5.06. The van der Waals surface area contributed by atoms with Crippen molar-refractivity contribution in [2.45, 2.75) is 25.3 Å². The summed E-state index contributed by atoms with van der Waals surface area (Å²) in [5.41, 5.74) is 1.90. The molecule has 1 aliphatic rings. The van der Waals surface area contributed by atoms with Crippen LogP contribution in [-0.2, 0) is 22.5 Å². The molecule has 1 aliphatic heterocycles. The minimum Gasteiger partial charge on any atom is -0.508 e. The number of aryl methyl sites for hydroxylation is 2. The molecule has 8 heteroatoms. The molecule has 2 heterocycles. The van der Waals surface area contributed by atoms with Crippen molar-refractivity contribution in [2.24, 2.45) is 0 Å². The number of aromatic nitrogens is 1. The second-order valence-electron chi connectivity index (χ2n) is 8.72. The number of benzene rings is 3. The highest BCUT2D eigenvalue weighted by Gasteiger charge is 2.31. The Hall–Kier alpha value is -4.10. The molecule has 0 aliphatic carbocycles. The molecule has 0 unspecified atom stereocenters. The van der Waals surface area contributed by atoms with E-state index in [-0.39, 0.29) is 40.0 Å². The number of aromatic hydroxyl groups is 2. The van der Waals surface area contributed by atoms with E-state index in [1.165, 1.54) is 31.4 Å². The number of phenolic OH excluding ortho intramolecular Hbond substituents is 2. The zero-order chi connectivity index (χ0) is 25.6. The van der Waals surface area contributed by atoms with E-state index in [1.807, 2.05) is 18.2 Å². The first-order chi connectivity index (χ1) is 17.3. The van der Waals surface area contributed by atoms with Crippen molar-refractivity contribution in [1.82, 2.24) is 4.57 Å². The summed E-state index contributed by atoms with van der Waals surface area (Å²) in [6, 6.07) is 16.2. The molecule has 0 saturated carbocycles. The molecule has 0 amide bonds. The van der Waals surface area contributed by atoms with Crippen LogP contribution in [0.25, 0.3) is 10.9 Å². The largest absolute Gasteiger partial charge is 0.508 e. The van der Waals surface area contributed by atoms with Gasteiger partial charge in [-0.05, 0) is 59.8 Å². The summed E-state index contributed by atoms with van der Waals surface area (Å²) in [5.74, 6) is -3.04. The predicted molar refractivity (Wildman–Crippen MR) is 135 cm³/mol. The van der Waals surface area contributed by atoms with E-state index in [0.29, 0.717) is 18.0 Å². The summed E-state index contributed by atoms with van der Waals surface area (Å²) >= 11 is 5.93. The number of halogens is 1. The first-order valence-corrected chi connectivity index (χ1v) is 11.7. The maximum absolute atomic E-state index is 13.6. The first-order valence-electron chi connectivity index (χ1n) is 11.4. The van der Waals surface area contributed by atoms with Crippen LogP contribution in [0.4, 0.5) is 0 Å². The molecule has 1 atom stereocenters. The van der Waals surface area contributed by atoms with Crippen molar-refractivity contribution in [3.05, 3.63) is 104 Å². The number of nitrogens with zero attached hydrogens (tertiary/aromatic N) is 1. The van der Waals surface area contributed by atoms with Crippen LogP contribution in [0.15, 0.2) is 65.5 Å². The Bertz CT molecular complexity index is 1590. The van der Waals surface area contributed by atoms with Crippen LogP contribution in [0, 0.1) is 0 Å². The minimum atomic E-state index is -1.06. The number of rotatable bonds is 6. The van der Waals surface area contributed by atoms with Crippen molar-refractivity contribution in [1.29, 1.82) is 0 Å². The van der Waals surface area contributed by atoms with Gasteiger partial charge in [0.15, 0.2) is 5.78 Å². The van der Waals surface area contributed by atoms with Gasteiger partial charge in [-0.1, -0.05) is 29.8 Å². The Morgan fingerprint density at radius 2 is 1.83 bits per heavy atom. The summed E-state index contributed by atoms with van der Waals surface area (Å²) < 4.78 is 6.52. The lowest BCUT2D eigenvalue weighted by atomic mass is 9.85. The summed E-state index contributed by atoms with van der Waals surface area (Å²) in [7, 11) is 1.22. The second-order valence-corrected chi connectivity index (χ2v) is 9.16. The third kappa shape index (κ3) is 3.91. The zero-order valence-corrected chi connectivity index (χ0v) is 20.1. The SMILES string of the molecule is COC(=O)C[C@H](c1c(O)ccc(C(=O)c2ccc(Cl)cc2)c1O)c1cc2cccc3c2n(c1=O)CC3. The Kier molecular flexibility index (Phi) is 6.02. The normalized spacial score (nSPS) is 13.1. The van der Waals surface area contributed by atoms with E-state index in [1.54, 1.807) is 22.8 Å². The van der Waals surface area contributed by atoms with Crippen LogP contribution in [-0.4, -0.2) is 33.6 Å². The molecule has 0 bridgehead atoms. The van der Waals surface area contributed by atoms with Crippen molar-refractivity contribution in [3.8, 4) is 11.5 Å². The highest BCUT2D eigenvalue weighted by atomic mass is 35.5. The molecule has 36 heavy (non-hydrogen) atoms. The van der Waals surface area contributed by atoms with Gasteiger partial charge in [0.25, 0.3) is 5.56 Å². The van der Waals surface area contributed by atoms with Gasteiger partial charge in [0.1, 0.15) is 11.5 Å². The molecule has 2 N–H and O–H groups in total. The fraction of sp³-hybridized carbons (Fsp3) is 0.179. The number of para-hydroxylation sites is 1. The highest BCUT2D eigenvalue weighted by molar-refractivity contribution is 6.30. The molecule has 1 aromatic heterocycles. The minimum absolute atomic E-state index is 0.0762. The Morgan fingerprint density at radius 1 is 1.08 bits per heavy atom. The lowest BCUT2D eigenvalue weighted by Gasteiger charge is -2.21. The van der Waals surface area contributed by atoms with Gasteiger partial charge >= 0.3 is 5.97 Å². The number of hydrogen-bond acceptors (Lipinski definition) is 6. The maximum Gasteiger partial charge on any atom is 0.306 e. The van der Waals surface area contributed by atoms with Gasteiger partial charge in [0.2, 0.25) is 0 Å². The number of carbonyl (C=O) groups excluding carboxylic acids is 2. The number of pyridine rings is 1. The van der Waals surface area contributed by atoms with Gasteiger partial charge in [0, 0.05) is 34.2 Å². The molecule has 0 fully saturated rings. The van der Waals surface area contributed by atoms with Crippen molar-refractivity contribution < 1.29 is 24.5 Å². The highest BCUT2D eigenvalue weighted by Crippen LogP contribution is 2.42. The Labute approximate surface area is 211 Å². The van der Waals surface area contributed by atoms with E-state index in [0.717, 1.165) is 16.5 Å². The lowest BCUT2D eigenvalue weighted by molar-refractivity contribution is -0.140. The molecule has 0 spiro atoms. The van der Waals surface area contributed by atoms with Crippen molar-refractivity contribution >= 4 is 34.3 Å². The standard InChI is InChI=1S/C28H22ClNO6/c1-36-23(32)14-20(21-13-17-4-2-3-15-11-12-30(25(15)17)28(21)35)24-22(31)10-9-19(27(24)34)26(33)16-5-7-18(29)8-6-16/h2-10,13,20,31,34H,11-12,14H2,1H3/t20-/m0/s1. The number of ketones is 1. The third-order valence-electron chi connectivity index (χ3n) is 6.70. The molecule has 0 radical (unpaired) electrons. The summed E-state index contributed by atoms with van der Waals surface area (Å²) in [5, 5.41) is 23.3. The smallest absolute Gasteiger partial charge is 0.306 e. The second kappa shape index (κ2) is 9.17. The molecule has 4 aromatic rings. The van der Waals surface area contributed by atoms with Crippen molar-refractivity contribution in [2.75, 3.05) is 7.11 Å². The van der Waals surface area contributed by atoms with Crippen LogP contribution >= 0.6 is 11.6 Å². The average molecular weight is 504 g/mol. The number of phenols is 2. The fourth-order valence-electron chi connectivity index (χ4n) is 4.94. The molecule has 7 nitrogen and oxygen atoms in total. The number of hydrogen-bond donors (Lipinski definition) is 2. The Balaban J connectivity index is 1.71. The monoisotopic (exact) mass is 503 g/mol.